The van der Waals surface area contributed by atoms with Gasteiger partial charge in [-0.05, 0) is 42.7 Å². The Morgan fingerprint density at radius 3 is 3.20 bits per heavy atom. The summed E-state index contributed by atoms with van der Waals surface area (Å²) < 4.78 is 0. The minimum Gasteiger partial charge on any atom is -0.342 e. The molecule has 1 amide bonds. The Morgan fingerprint density at radius 2 is 2.45 bits per heavy atom. The maximum atomic E-state index is 12.3. The van der Waals surface area contributed by atoms with Gasteiger partial charge in [0.25, 0.3) is 0 Å². The average molecular weight is 289 g/mol. The molecule has 1 aliphatic heterocycles. The van der Waals surface area contributed by atoms with Crippen LogP contribution in [-0.2, 0) is 17.6 Å². The fourth-order valence-electron chi connectivity index (χ4n) is 2.84. The summed E-state index contributed by atoms with van der Waals surface area (Å²) >= 11 is 1.66. The summed E-state index contributed by atoms with van der Waals surface area (Å²) in [4.78, 5) is 15.5. The molecular formula is C15H19N3OS. The van der Waals surface area contributed by atoms with Gasteiger partial charge in [0, 0.05) is 29.9 Å². The van der Waals surface area contributed by atoms with Crippen LogP contribution in [-0.4, -0.2) is 34.1 Å². The van der Waals surface area contributed by atoms with E-state index in [1.165, 1.54) is 12.1 Å². The lowest BCUT2D eigenvalue weighted by Gasteiger charge is -2.32. The fourth-order valence-corrected chi connectivity index (χ4v) is 3.54. The summed E-state index contributed by atoms with van der Waals surface area (Å²) in [6, 6.07) is 6.06. The molecule has 0 unspecified atom stereocenters. The Bertz CT molecular complexity index is 535. The molecule has 1 fully saturated rings. The number of likely N-dealkylation sites (tertiary alicyclic amines) is 1. The topological polar surface area (TPSA) is 49.0 Å². The maximum Gasteiger partial charge on any atom is 0.227 e. The van der Waals surface area contributed by atoms with E-state index in [1.54, 1.807) is 17.5 Å². The lowest BCUT2D eigenvalue weighted by atomic mass is 9.93. The predicted molar refractivity (Wildman–Crippen MR) is 79.6 cm³/mol. The maximum absolute atomic E-state index is 12.3. The number of aromatic amines is 1. The number of H-pyrrole nitrogens is 1. The van der Waals surface area contributed by atoms with Crippen molar-refractivity contribution in [2.24, 2.45) is 5.92 Å². The highest BCUT2D eigenvalue weighted by molar-refractivity contribution is 7.10. The minimum absolute atomic E-state index is 0.266. The summed E-state index contributed by atoms with van der Waals surface area (Å²) in [6.45, 7) is 1.78. The molecule has 0 aromatic carbocycles. The normalized spacial score (nSPS) is 19.2. The largest absolute Gasteiger partial charge is 0.342 e. The number of hydrogen-bond donors (Lipinski definition) is 1. The summed E-state index contributed by atoms with van der Waals surface area (Å²) in [7, 11) is 0. The number of amides is 1. The number of thiophene rings is 1. The van der Waals surface area contributed by atoms with Gasteiger partial charge in [0.2, 0.25) is 5.91 Å². The van der Waals surface area contributed by atoms with E-state index in [0.717, 1.165) is 30.8 Å². The SMILES string of the molecule is O=C(Cc1cccs1)N1CCC[C@H](Cc2ccn[nH]2)C1. The van der Waals surface area contributed by atoms with E-state index < -0.39 is 0 Å². The Balaban J connectivity index is 1.56. The standard InChI is InChI=1S/C15H19N3OS/c19-15(10-14-4-2-8-20-14)18-7-1-3-12(11-18)9-13-5-6-16-17-13/h2,4-6,8,12H,1,3,7,9-11H2,(H,16,17)/t12-/m1/s1. The molecule has 3 heterocycles. The van der Waals surface area contributed by atoms with Crippen molar-refractivity contribution in [1.29, 1.82) is 0 Å². The van der Waals surface area contributed by atoms with Crippen LogP contribution in [0.5, 0.6) is 0 Å². The van der Waals surface area contributed by atoms with Crippen molar-refractivity contribution in [2.45, 2.75) is 25.7 Å². The van der Waals surface area contributed by atoms with Gasteiger partial charge in [0.05, 0.1) is 6.42 Å². The number of nitrogens with zero attached hydrogens (tertiary/aromatic N) is 2. The van der Waals surface area contributed by atoms with Crippen LogP contribution in [0.25, 0.3) is 0 Å². The van der Waals surface area contributed by atoms with Crippen LogP contribution in [0.2, 0.25) is 0 Å². The third kappa shape index (κ3) is 3.28. The quantitative estimate of drug-likeness (QED) is 0.940. The summed E-state index contributed by atoms with van der Waals surface area (Å²) in [6.07, 6.45) is 5.63. The molecule has 1 N–H and O–H groups in total. The van der Waals surface area contributed by atoms with Crippen LogP contribution in [0.1, 0.15) is 23.4 Å². The lowest BCUT2D eigenvalue weighted by molar-refractivity contribution is -0.132. The first-order valence-corrected chi connectivity index (χ1v) is 7.97. The molecule has 2 aromatic heterocycles. The van der Waals surface area contributed by atoms with E-state index >= 15 is 0 Å². The van der Waals surface area contributed by atoms with Crippen molar-refractivity contribution in [3.63, 3.8) is 0 Å². The van der Waals surface area contributed by atoms with Crippen LogP contribution >= 0.6 is 11.3 Å². The number of piperidine rings is 1. The molecule has 1 atom stereocenters. The number of hydrogen-bond acceptors (Lipinski definition) is 3. The van der Waals surface area contributed by atoms with E-state index in [0.29, 0.717) is 12.3 Å². The van der Waals surface area contributed by atoms with Crippen LogP contribution < -0.4 is 0 Å². The monoisotopic (exact) mass is 289 g/mol. The van der Waals surface area contributed by atoms with Crippen molar-refractivity contribution < 1.29 is 4.79 Å². The molecule has 1 saturated heterocycles. The zero-order valence-corrected chi connectivity index (χ0v) is 12.2. The first-order chi connectivity index (χ1) is 9.81. The zero-order chi connectivity index (χ0) is 13.8. The molecule has 106 valence electrons. The molecule has 0 radical (unpaired) electrons. The van der Waals surface area contributed by atoms with Gasteiger partial charge in [-0.3, -0.25) is 9.89 Å². The van der Waals surface area contributed by atoms with E-state index in [4.69, 9.17) is 0 Å². The second-order valence-corrected chi connectivity index (χ2v) is 6.42. The van der Waals surface area contributed by atoms with Gasteiger partial charge >= 0.3 is 0 Å². The Hall–Kier alpha value is -1.62. The minimum atomic E-state index is 0.266. The van der Waals surface area contributed by atoms with Gasteiger partial charge in [-0.15, -0.1) is 11.3 Å². The predicted octanol–water partition coefficient (Wildman–Crippen LogP) is 2.50. The summed E-state index contributed by atoms with van der Waals surface area (Å²) in [5.41, 5.74) is 1.17. The van der Waals surface area contributed by atoms with E-state index in [-0.39, 0.29) is 5.91 Å². The van der Waals surface area contributed by atoms with Crippen molar-refractivity contribution in [3.8, 4) is 0 Å². The van der Waals surface area contributed by atoms with Crippen molar-refractivity contribution >= 4 is 17.2 Å². The van der Waals surface area contributed by atoms with Gasteiger partial charge < -0.3 is 4.90 Å². The molecule has 5 heteroatoms. The van der Waals surface area contributed by atoms with Crippen molar-refractivity contribution in [1.82, 2.24) is 15.1 Å². The van der Waals surface area contributed by atoms with Gasteiger partial charge in [-0.2, -0.15) is 5.10 Å². The number of rotatable bonds is 4. The molecule has 0 saturated carbocycles. The van der Waals surface area contributed by atoms with Gasteiger partial charge in [0.15, 0.2) is 0 Å². The average Bonchev–Trinajstić information content (AvgIpc) is 3.12. The second kappa shape index (κ2) is 6.22. The Kier molecular flexibility index (Phi) is 4.16. The van der Waals surface area contributed by atoms with Gasteiger partial charge in [-0.1, -0.05) is 6.07 Å². The van der Waals surface area contributed by atoms with Gasteiger partial charge in [0.1, 0.15) is 0 Å². The first kappa shape index (κ1) is 13.4. The molecule has 4 nitrogen and oxygen atoms in total. The first-order valence-electron chi connectivity index (χ1n) is 7.09. The number of carbonyl (C=O) groups is 1. The van der Waals surface area contributed by atoms with Crippen molar-refractivity contribution in [2.75, 3.05) is 13.1 Å². The van der Waals surface area contributed by atoms with Crippen molar-refractivity contribution in [3.05, 3.63) is 40.3 Å². The summed E-state index contributed by atoms with van der Waals surface area (Å²) in [5.74, 6) is 0.818. The highest BCUT2D eigenvalue weighted by Crippen LogP contribution is 2.21. The molecule has 0 bridgehead atoms. The second-order valence-electron chi connectivity index (χ2n) is 5.39. The Morgan fingerprint density at radius 1 is 1.50 bits per heavy atom. The molecule has 0 aliphatic carbocycles. The van der Waals surface area contributed by atoms with Gasteiger partial charge in [-0.25, -0.2) is 0 Å². The molecular weight excluding hydrogens is 270 g/mol. The van der Waals surface area contributed by atoms with E-state index in [1.807, 2.05) is 28.5 Å². The molecule has 20 heavy (non-hydrogen) atoms. The molecule has 0 spiro atoms. The highest BCUT2D eigenvalue weighted by Gasteiger charge is 2.24. The third-order valence-corrected chi connectivity index (χ3v) is 4.72. The van der Waals surface area contributed by atoms with Crippen LogP contribution in [0, 0.1) is 5.92 Å². The summed E-state index contributed by atoms with van der Waals surface area (Å²) in [5, 5.41) is 9.03. The van der Waals surface area contributed by atoms with Crippen LogP contribution in [0.15, 0.2) is 29.8 Å². The molecule has 3 rings (SSSR count). The number of carbonyl (C=O) groups excluding carboxylic acids is 1. The van der Waals surface area contributed by atoms with Crippen LogP contribution in [0.4, 0.5) is 0 Å². The number of nitrogens with one attached hydrogen (secondary N) is 1. The third-order valence-electron chi connectivity index (χ3n) is 3.84. The zero-order valence-electron chi connectivity index (χ0n) is 11.4. The Labute approximate surface area is 122 Å². The highest BCUT2D eigenvalue weighted by atomic mass is 32.1. The smallest absolute Gasteiger partial charge is 0.227 e. The van der Waals surface area contributed by atoms with Crippen LogP contribution in [0.3, 0.4) is 0 Å². The van der Waals surface area contributed by atoms with E-state index in [2.05, 4.69) is 10.2 Å². The fraction of sp³-hybridized carbons (Fsp3) is 0.467. The number of aromatic nitrogens is 2. The molecule has 1 aliphatic rings. The van der Waals surface area contributed by atoms with E-state index in [9.17, 15) is 4.79 Å². The molecule has 2 aromatic rings. The lowest BCUT2D eigenvalue weighted by Crippen LogP contribution is -2.41.